The van der Waals surface area contributed by atoms with Crippen molar-refractivity contribution >= 4 is 11.6 Å². The van der Waals surface area contributed by atoms with Gasteiger partial charge in [-0.1, -0.05) is 78.3 Å². The van der Waals surface area contributed by atoms with Crippen molar-refractivity contribution in [1.82, 2.24) is 20.3 Å². The first-order valence-corrected chi connectivity index (χ1v) is 11.2. The fraction of sp³-hybridized carbons (Fsp3) is 0.231. The van der Waals surface area contributed by atoms with Gasteiger partial charge in [0.1, 0.15) is 17.2 Å². The van der Waals surface area contributed by atoms with Crippen LogP contribution in [0.15, 0.2) is 78.9 Å². The second-order valence-corrected chi connectivity index (χ2v) is 8.34. The van der Waals surface area contributed by atoms with Crippen LogP contribution in [0.1, 0.15) is 30.2 Å². The third-order valence-corrected chi connectivity index (χ3v) is 5.78. The molecule has 4 nitrogen and oxygen atoms in total. The van der Waals surface area contributed by atoms with Crippen LogP contribution >= 0.6 is 11.6 Å². The van der Waals surface area contributed by atoms with Gasteiger partial charge in [0.15, 0.2) is 0 Å². The molecule has 4 rings (SSSR count). The summed E-state index contributed by atoms with van der Waals surface area (Å²) in [6, 6.07) is 25.3. The topological polar surface area (TPSA) is 42.7 Å². The number of rotatable bonds is 9. The summed E-state index contributed by atoms with van der Waals surface area (Å²) in [5.74, 6) is -0.355. The van der Waals surface area contributed by atoms with E-state index < -0.39 is 0 Å². The van der Waals surface area contributed by atoms with Gasteiger partial charge in [-0.05, 0) is 43.0 Å². The highest BCUT2D eigenvalue weighted by atomic mass is 35.5. The SMILES string of the molecule is C[C@@H](CCc1ccccc1)NCc1nn(Cc2ccc(F)cc2Cl)nc1-c1ccccc1. The summed E-state index contributed by atoms with van der Waals surface area (Å²) in [7, 11) is 0. The third kappa shape index (κ3) is 5.81. The van der Waals surface area contributed by atoms with Crippen LogP contribution in [0.2, 0.25) is 5.02 Å². The van der Waals surface area contributed by atoms with Gasteiger partial charge in [-0.25, -0.2) is 4.39 Å². The van der Waals surface area contributed by atoms with E-state index in [0.717, 1.165) is 35.4 Å². The van der Waals surface area contributed by atoms with Crippen molar-refractivity contribution in [2.24, 2.45) is 0 Å². The lowest BCUT2D eigenvalue weighted by molar-refractivity contribution is 0.503. The number of aryl methyl sites for hydroxylation is 1. The predicted molar refractivity (Wildman–Crippen MR) is 127 cm³/mol. The zero-order valence-electron chi connectivity index (χ0n) is 18.0. The van der Waals surface area contributed by atoms with E-state index in [9.17, 15) is 4.39 Å². The van der Waals surface area contributed by atoms with Crippen LogP contribution in [0.5, 0.6) is 0 Å². The van der Waals surface area contributed by atoms with Gasteiger partial charge in [0.05, 0.1) is 6.54 Å². The van der Waals surface area contributed by atoms with E-state index in [2.05, 4.69) is 36.5 Å². The predicted octanol–water partition coefficient (Wildman–Crippen LogP) is 5.90. The summed E-state index contributed by atoms with van der Waals surface area (Å²) >= 11 is 6.21. The quantitative estimate of drug-likeness (QED) is 0.347. The zero-order valence-corrected chi connectivity index (χ0v) is 18.8. The number of hydrogen-bond donors (Lipinski definition) is 1. The van der Waals surface area contributed by atoms with E-state index in [0.29, 0.717) is 24.2 Å². The Bertz CT molecular complexity index is 1150. The summed E-state index contributed by atoms with van der Waals surface area (Å²) in [6.07, 6.45) is 2.06. The summed E-state index contributed by atoms with van der Waals surface area (Å²) in [6.45, 7) is 3.17. The molecule has 1 aromatic heterocycles. The molecule has 0 aliphatic rings. The molecule has 3 aromatic carbocycles. The van der Waals surface area contributed by atoms with Crippen molar-refractivity contribution in [3.63, 3.8) is 0 Å². The van der Waals surface area contributed by atoms with Crippen molar-refractivity contribution in [3.8, 4) is 11.3 Å². The largest absolute Gasteiger partial charge is 0.309 e. The molecule has 0 aliphatic carbocycles. The molecule has 4 aromatic rings. The fourth-order valence-corrected chi connectivity index (χ4v) is 3.82. The smallest absolute Gasteiger partial charge is 0.124 e. The van der Waals surface area contributed by atoms with Crippen LogP contribution in [0.4, 0.5) is 4.39 Å². The first kappa shape index (κ1) is 22.2. The number of aromatic nitrogens is 3. The van der Waals surface area contributed by atoms with E-state index in [4.69, 9.17) is 21.8 Å². The van der Waals surface area contributed by atoms with Crippen molar-refractivity contribution < 1.29 is 4.39 Å². The highest BCUT2D eigenvalue weighted by Crippen LogP contribution is 2.22. The summed E-state index contributed by atoms with van der Waals surface area (Å²) in [5.41, 5.74) is 4.84. The van der Waals surface area contributed by atoms with Gasteiger partial charge in [-0.3, -0.25) is 0 Å². The van der Waals surface area contributed by atoms with Gasteiger partial charge in [-0.2, -0.15) is 15.0 Å². The van der Waals surface area contributed by atoms with E-state index in [1.807, 2.05) is 36.4 Å². The Balaban J connectivity index is 1.48. The summed E-state index contributed by atoms with van der Waals surface area (Å²) in [4.78, 5) is 1.63. The first-order chi connectivity index (χ1) is 15.6. The minimum Gasteiger partial charge on any atom is -0.309 e. The van der Waals surface area contributed by atoms with Crippen molar-refractivity contribution in [1.29, 1.82) is 0 Å². The second kappa shape index (κ2) is 10.5. The minimum atomic E-state index is -0.355. The molecule has 6 heteroatoms. The first-order valence-electron chi connectivity index (χ1n) is 10.8. The van der Waals surface area contributed by atoms with E-state index in [1.54, 1.807) is 10.9 Å². The molecule has 0 radical (unpaired) electrons. The third-order valence-electron chi connectivity index (χ3n) is 5.43. The van der Waals surface area contributed by atoms with E-state index in [1.165, 1.54) is 17.7 Å². The van der Waals surface area contributed by atoms with Crippen molar-refractivity contribution in [2.45, 2.75) is 38.9 Å². The zero-order chi connectivity index (χ0) is 22.3. The van der Waals surface area contributed by atoms with Crippen LogP contribution in [-0.4, -0.2) is 21.0 Å². The number of benzene rings is 3. The van der Waals surface area contributed by atoms with Crippen molar-refractivity contribution in [3.05, 3.63) is 107 Å². The lowest BCUT2D eigenvalue weighted by Gasteiger charge is -2.13. The molecular weight excluding hydrogens is 423 g/mol. The Kier molecular flexibility index (Phi) is 7.30. The number of halogens is 2. The number of nitrogens with one attached hydrogen (secondary N) is 1. The summed E-state index contributed by atoms with van der Waals surface area (Å²) < 4.78 is 13.4. The molecule has 0 spiro atoms. The average molecular weight is 449 g/mol. The van der Waals surface area contributed by atoms with Crippen LogP contribution in [0.25, 0.3) is 11.3 Å². The van der Waals surface area contributed by atoms with Crippen LogP contribution in [0, 0.1) is 5.82 Å². The Labute approximate surface area is 193 Å². The van der Waals surface area contributed by atoms with Gasteiger partial charge >= 0.3 is 0 Å². The monoisotopic (exact) mass is 448 g/mol. The molecule has 0 saturated carbocycles. The van der Waals surface area contributed by atoms with Crippen LogP contribution < -0.4 is 5.32 Å². The molecule has 164 valence electrons. The normalized spacial score (nSPS) is 12.1. The minimum absolute atomic E-state index is 0.329. The molecule has 0 amide bonds. The van der Waals surface area contributed by atoms with E-state index >= 15 is 0 Å². The molecule has 1 N–H and O–H groups in total. The molecule has 0 bridgehead atoms. The number of hydrogen-bond acceptors (Lipinski definition) is 3. The Morgan fingerprint density at radius 2 is 1.69 bits per heavy atom. The second-order valence-electron chi connectivity index (χ2n) is 7.93. The highest BCUT2D eigenvalue weighted by molar-refractivity contribution is 6.31. The van der Waals surface area contributed by atoms with Gasteiger partial charge in [0.25, 0.3) is 0 Å². The molecular formula is C26H26ClFN4. The van der Waals surface area contributed by atoms with Crippen LogP contribution in [0.3, 0.4) is 0 Å². The molecule has 0 saturated heterocycles. The Morgan fingerprint density at radius 3 is 2.41 bits per heavy atom. The summed E-state index contributed by atoms with van der Waals surface area (Å²) in [5, 5.41) is 13.4. The molecule has 1 atom stereocenters. The van der Waals surface area contributed by atoms with Crippen LogP contribution in [-0.2, 0) is 19.5 Å². The standard InChI is InChI=1S/C26H26ClFN4/c1-19(12-13-20-8-4-2-5-9-20)29-17-25-26(21-10-6-3-7-11-21)31-32(30-25)18-22-14-15-23(28)16-24(22)27/h2-11,14-16,19,29H,12-13,17-18H2,1H3/t19-/m0/s1. The number of nitrogens with zero attached hydrogens (tertiary/aromatic N) is 3. The fourth-order valence-electron chi connectivity index (χ4n) is 3.60. The van der Waals surface area contributed by atoms with E-state index in [-0.39, 0.29) is 5.82 Å². The van der Waals surface area contributed by atoms with Gasteiger partial charge < -0.3 is 5.32 Å². The average Bonchev–Trinajstić information content (AvgIpc) is 3.22. The maximum Gasteiger partial charge on any atom is 0.124 e. The molecule has 0 unspecified atom stereocenters. The lowest BCUT2D eigenvalue weighted by atomic mass is 10.1. The molecule has 1 heterocycles. The molecule has 0 aliphatic heterocycles. The molecule has 32 heavy (non-hydrogen) atoms. The lowest BCUT2D eigenvalue weighted by Crippen LogP contribution is -2.26. The Morgan fingerprint density at radius 1 is 0.969 bits per heavy atom. The Hall–Kier alpha value is -3.02. The van der Waals surface area contributed by atoms with Crippen molar-refractivity contribution in [2.75, 3.05) is 0 Å². The molecule has 0 fully saturated rings. The highest BCUT2D eigenvalue weighted by Gasteiger charge is 2.15. The van der Waals surface area contributed by atoms with Gasteiger partial charge in [0.2, 0.25) is 0 Å². The van der Waals surface area contributed by atoms with Gasteiger partial charge in [-0.15, -0.1) is 0 Å². The maximum absolute atomic E-state index is 13.4. The maximum atomic E-state index is 13.4. The van der Waals surface area contributed by atoms with Gasteiger partial charge in [0, 0.05) is 23.2 Å².